The molecule has 0 aromatic heterocycles. The Morgan fingerprint density at radius 3 is 2.38 bits per heavy atom. The quantitative estimate of drug-likeness (QED) is 0.843. The second-order valence-corrected chi connectivity index (χ2v) is 11.0. The van der Waals surface area contributed by atoms with Crippen LogP contribution in [0.15, 0.2) is 24.3 Å². The fourth-order valence-corrected chi connectivity index (χ4v) is 7.93. The van der Waals surface area contributed by atoms with E-state index in [2.05, 4.69) is 45.0 Å². The Labute approximate surface area is 106 Å². The fourth-order valence-electron chi connectivity index (χ4n) is 1.77. The third kappa shape index (κ3) is 3.75. The van der Waals surface area contributed by atoms with Gasteiger partial charge in [-0.25, -0.2) is 0 Å². The van der Waals surface area contributed by atoms with E-state index in [1.54, 1.807) is 0 Å². The first kappa shape index (κ1) is 14.0. The van der Waals surface area contributed by atoms with E-state index < -0.39 is 20.2 Å². The zero-order chi connectivity index (χ0) is 12.1. The summed E-state index contributed by atoms with van der Waals surface area (Å²) in [5, 5.41) is 0. The summed E-state index contributed by atoms with van der Waals surface area (Å²) in [7, 11) is 0. The van der Waals surface area contributed by atoms with Crippen molar-refractivity contribution in [2.75, 3.05) is 0 Å². The van der Waals surface area contributed by atoms with Crippen molar-refractivity contribution >= 4 is 23.8 Å². The Balaban J connectivity index is 2.99. The van der Waals surface area contributed by atoms with Crippen LogP contribution in [0.1, 0.15) is 39.3 Å². The van der Waals surface area contributed by atoms with Gasteiger partial charge in [-0.2, -0.15) is 0 Å². The maximum atomic E-state index is 6.12. The van der Waals surface area contributed by atoms with Crippen LogP contribution in [0.3, 0.4) is 0 Å². The van der Waals surface area contributed by atoms with Crippen molar-refractivity contribution in [2.45, 2.75) is 44.3 Å². The molecule has 0 saturated carbocycles. The third-order valence-corrected chi connectivity index (χ3v) is 9.46. The average molecular weight is 327 g/mol. The standard InChI is InChI=1S/C8H10N.C3H7O.C2H5.Sn/c1-7(9)8-5-3-2-4-6-8;1-3(2)4;1-2;/h2-5,7H,9H2,1H3;3H,1-2H3;1H2,2H3;/q;-1;;+1. The van der Waals surface area contributed by atoms with Crippen LogP contribution in [0.4, 0.5) is 0 Å². The van der Waals surface area contributed by atoms with Gasteiger partial charge in [0.1, 0.15) is 0 Å². The predicted octanol–water partition coefficient (Wildman–Crippen LogP) is 2.35. The molecule has 0 bridgehead atoms. The Morgan fingerprint density at radius 1 is 1.25 bits per heavy atom. The molecule has 1 aromatic carbocycles. The molecule has 3 heteroatoms. The minimum absolute atomic E-state index is 0.106. The number of nitrogens with two attached hydrogens (primary N) is 1. The second kappa shape index (κ2) is 6.62. The van der Waals surface area contributed by atoms with Gasteiger partial charge in [0.2, 0.25) is 0 Å². The first-order valence-corrected chi connectivity index (χ1v) is 10.5. The minimum atomic E-state index is -1.91. The van der Waals surface area contributed by atoms with Gasteiger partial charge in [-0.3, -0.25) is 0 Å². The van der Waals surface area contributed by atoms with Gasteiger partial charge in [0.15, 0.2) is 0 Å². The summed E-state index contributed by atoms with van der Waals surface area (Å²) in [6.45, 7) is 8.51. The van der Waals surface area contributed by atoms with E-state index >= 15 is 0 Å². The molecule has 0 heterocycles. The molecule has 89 valence electrons. The molecule has 1 unspecified atom stereocenters. The van der Waals surface area contributed by atoms with Gasteiger partial charge in [-0.05, 0) is 0 Å². The van der Waals surface area contributed by atoms with Crippen LogP contribution in [-0.2, 0) is 3.07 Å². The molecular formula is C13H22NOSn. The van der Waals surface area contributed by atoms with Crippen molar-refractivity contribution < 1.29 is 3.07 Å². The molecule has 0 saturated heterocycles. The van der Waals surface area contributed by atoms with Gasteiger partial charge in [0.25, 0.3) is 0 Å². The van der Waals surface area contributed by atoms with Gasteiger partial charge in [0.05, 0.1) is 0 Å². The van der Waals surface area contributed by atoms with Crippen LogP contribution in [0, 0.1) is 0 Å². The number of hydrogen-bond acceptors (Lipinski definition) is 2. The zero-order valence-corrected chi connectivity index (χ0v) is 13.5. The molecule has 0 aliphatic rings. The Kier molecular flexibility index (Phi) is 5.79. The summed E-state index contributed by atoms with van der Waals surface area (Å²) in [5.41, 5.74) is 7.29. The van der Waals surface area contributed by atoms with Crippen molar-refractivity contribution in [1.29, 1.82) is 0 Å². The van der Waals surface area contributed by atoms with Gasteiger partial charge < -0.3 is 0 Å². The van der Waals surface area contributed by atoms with Crippen molar-refractivity contribution in [3.63, 3.8) is 0 Å². The summed E-state index contributed by atoms with van der Waals surface area (Å²) >= 11 is -1.91. The molecule has 2 N–H and O–H groups in total. The van der Waals surface area contributed by atoms with E-state index in [0.717, 1.165) is 0 Å². The van der Waals surface area contributed by atoms with E-state index in [1.165, 1.54) is 13.6 Å². The molecule has 16 heavy (non-hydrogen) atoms. The number of hydrogen-bond donors (Lipinski definition) is 1. The van der Waals surface area contributed by atoms with Crippen molar-refractivity contribution in [3.8, 4) is 0 Å². The fraction of sp³-hybridized carbons (Fsp3) is 0.538. The van der Waals surface area contributed by atoms with E-state index in [9.17, 15) is 0 Å². The first-order valence-electron chi connectivity index (χ1n) is 5.93. The zero-order valence-electron chi connectivity index (χ0n) is 10.7. The first-order chi connectivity index (χ1) is 7.56. The summed E-state index contributed by atoms with van der Waals surface area (Å²) in [6.07, 6.45) is 0.329. The molecule has 1 radical (unpaired) electrons. The molecular weight excluding hydrogens is 305 g/mol. The van der Waals surface area contributed by atoms with Crippen LogP contribution in [0.25, 0.3) is 0 Å². The third-order valence-electron chi connectivity index (χ3n) is 2.45. The maximum absolute atomic E-state index is 6.12. The van der Waals surface area contributed by atoms with E-state index in [4.69, 9.17) is 8.81 Å². The summed E-state index contributed by atoms with van der Waals surface area (Å²) in [5.74, 6) is 0. The Bertz CT molecular complexity index is 325. The molecule has 1 rings (SSSR count). The number of benzene rings is 1. The predicted molar refractivity (Wildman–Crippen MR) is 71.1 cm³/mol. The normalized spacial score (nSPS) is 13.4. The van der Waals surface area contributed by atoms with Crippen molar-refractivity contribution in [3.05, 3.63) is 29.8 Å². The molecule has 0 fully saturated rings. The topological polar surface area (TPSA) is 35.2 Å². The molecule has 0 amide bonds. The van der Waals surface area contributed by atoms with E-state index in [-0.39, 0.29) is 6.04 Å². The molecule has 0 aliphatic carbocycles. The molecule has 0 spiro atoms. The van der Waals surface area contributed by atoms with E-state index in [0.29, 0.717) is 6.10 Å². The SMILES string of the molecule is C[CH2][Sn]([O]C(C)C)[c]1ccccc1C(C)N. The monoisotopic (exact) mass is 328 g/mol. The van der Waals surface area contributed by atoms with Gasteiger partial charge in [-0.15, -0.1) is 0 Å². The van der Waals surface area contributed by atoms with Gasteiger partial charge in [0, 0.05) is 0 Å². The van der Waals surface area contributed by atoms with Crippen molar-refractivity contribution in [1.82, 2.24) is 0 Å². The molecule has 0 aliphatic heterocycles. The summed E-state index contributed by atoms with van der Waals surface area (Å²) in [4.78, 5) is 0. The van der Waals surface area contributed by atoms with Gasteiger partial charge in [-0.1, -0.05) is 0 Å². The molecule has 1 atom stereocenters. The summed E-state index contributed by atoms with van der Waals surface area (Å²) < 4.78 is 8.72. The van der Waals surface area contributed by atoms with Gasteiger partial charge >= 0.3 is 107 Å². The van der Waals surface area contributed by atoms with Crippen LogP contribution in [0.5, 0.6) is 0 Å². The molecule has 1 aromatic rings. The molecule has 2 nitrogen and oxygen atoms in total. The van der Waals surface area contributed by atoms with Crippen LogP contribution < -0.4 is 9.31 Å². The second-order valence-electron chi connectivity index (χ2n) is 4.32. The van der Waals surface area contributed by atoms with Crippen LogP contribution in [0.2, 0.25) is 4.44 Å². The average Bonchev–Trinajstić information content (AvgIpc) is 2.25. The Morgan fingerprint density at radius 2 is 1.88 bits per heavy atom. The van der Waals surface area contributed by atoms with E-state index in [1.807, 2.05) is 6.92 Å². The summed E-state index contributed by atoms with van der Waals surface area (Å²) in [6, 6.07) is 8.61. The number of rotatable bonds is 5. The van der Waals surface area contributed by atoms with Crippen molar-refractivity contribution in [2.24, 2.45) is 5.73 Å². The Hall–Kier alpha value is -0.0613. The van der Waals surface area contributed by atoms with Crippen LogP contribution in [-0.4, -0.2) is 26.3 Å². The van der Waals surface area contributed by atoms with Crippen LogP contribution >= 0.6 is 0 Å².